The average Bonchev–Trinajstić information content (AvgIpc) is 2.34. The zero-order valence-electron chi connectivity index (χ0n) is 9.96. The van der Waals surface area contributed by atoms with E-state index in [4.69, 9.17) is 9.84 Å². The Morgan fingerprint density at radius 3 is 2.59 bits per heavy atom. The fourth-order valence-electron chi connectivity index (χ4n) is 1.48. The second-order valence-electron chi connectivity index (χ2n) is 3.70. The summed E-state index contributed by atoms with van der Waals surface area (Å²) >= 11 is 1.39. The first-order valence-corrected chi connectivity index (χ1v) is 6.35. The van der Waals surface area contributed by atoms with Crippen molar-refractivity contribution in [2.75, 3.05) is 19.5 Å². The Balaban J connectivity index is 2.90. The number of thioether (sulfide) groups is 1. The molecule has 0 amide bonds. The highest BCUT2D eigenvalue weighted by Crippen LogP contribution is 2.34. The van der Waals surface area contributed by atoms with Gasteiger partial charge in [0.25, 0.3) is 0 Å². The molecular formula is C12H18O4S. The van der Waals surface area contributed by atoms with E-state index in [0.29, 0.717) is 17.1 Å². The number of ether oxygens (including phenoxy) is 1. The van der Waals surface area contributed by atoms with E-state index in [0.717, 1.165) is 4.90 Å². The number of hydrogen-bond acceptors (Lipinski definition) is 5. The van der Waals surface area contributed by atoms with Gasteiger partial charge in [-0.05, 0) is 19.1 Å². The highest BCUT2D eigenvalue weighted by molar-refractivity contribution is 7.99. The number of hydrogen-bond donors (Lipinski definition) is 3. The van der Waals surface area contributed by atoms with Crippen LogP contribution in [0.15, 0.2) is 23.1 Å². The summed E-state index contributed by atoms with van der Waals surface area (Å²) in [5.41, 5.74) is 0.713. The molecule has 1 aromatic rings. The van der Waals surface area contributed by atoms with Gasteiger partial charge in [0.05, 0.1) is 25.9 Å². The average molecular weight is 258 g/mol. The van der Waals surface area contributed by atoms with Crippen molar-refractivity contribution in [1.29, 1.82) is 0 Å². The van der Waals surface area contributed by atoms with Gasteiger partial charge in [-0.1, -0.05) is 6.07 Å². The zero-order valence-corrected chi connectivity index (χ0v) is 10.8. The van der Waals surface area contributed by atoms with Crippen molar-refractivity contribution in [3.05, 3.63) is 23.8 Å². The Bertz CT molecular complexity index is 354. The van der Waals surface area contributed by atoms with Crippen molar-refractivity contribution in [3.63, 3.8) is 0 Å². The molecule has 0 fully saturated rings. The van der Waals surface area contributed by atoms with Gasteiger partial charge in [0, 0.05) is 16.2 Å². The molecule has 0 radical (unpaired) electrons. The largest absolute Gasteiger partial charge is 0.496 e. The summed E-state index contributed by atoms with van der Waals surface area (Å²) in [6, 6.07) is 5.48. The summed E-state index contributed by atoms with van der Waals surface area (Å²) in [5.74, 6) is 1.01. The molecule has 2 atom stereocenters. The van der Waals surface area contributed by atoms with Crippen molar-refractivity contribution >= 4 is 11.8 Å². The normalized spacial score (nSPS) is 14.4. The first-order valence-electron chi connectivity index (χ1n) is 5.36. The van der Waals surface area contributed by atoms with Crippen molar-refractivity contribution < 1.29 is 20.1 Å². The smallest absolute Gasteiger partial charge is 0.125 e. The van der Waals surface area contributed by atoms with Gasteiger partial charge in [0.2, 0.25) is 0 Å². The standard InChI is InChI=1S/C12H18O4S/c1-8(14)12-10(16-2)4-3-5-11(12)17-7-9(15)6-13/h3-5,8-9,13-15H,6-7H2,1-2H3/t8-,9?/m0/s1. The fourth-order valence-corrected chi connectivity index (χ4v) is 2.56. The van der Waals surface area contributed by atoms with Crippen molar-refractivity contribution in [3.8, 4) is 5.75 Å². The molecule has 1 unspecified atom stereocenters. The summed E-state index contributed by atoms with van der Waals surface area (Å²) in [6.07, 6.45) is -1.40. The van der Waals surface area contributed by atoms with Crippen LogP contribution in [0.3, 0.4) is 0 Å². The number of aliphatic hydroxyl groups is 3. The van der Waals surface area contributed by atoms with Crippen LogP contribution in [0.5, 0.6) is 5.75 Å². The molecule has 0 saturated heterocycles. The van der Waals surface area contributed by atoms with Crippen LogP contribution in [0.1, 0.15) is 18.6 Å². The molecule has 0 saturated carbocycles. The molecule has 0 aliphatic rings. The quantitative estimate of drug-likeness (QED) is 0.669. The first kappa shape index (κ1) is 14.3. The predicted octanol–water partition coefficient (Wildman–Crippen LogP) is 1.19. The molecule has 17 heavy (non-hydrogen) atoms. The van der Waals surface area contributed by atoms with Gasteiger partial charge in [0.15, 0.2) is 0 Å². The lowest BCUT2D eigenvalue weighted by Gasteiger charge is -2.16. The van der Waals surface area contributed by atoms with E-state index >= 15 is 0 Å². The highest BCUT2D eigenvalue weighted by atomic mass is 32.2. The van der Waals surface area contributed by atoms with E-state index in [-0.39, 0.29) is 6.61 Å². The third kappa shape index (κ3) is 3.89. The first-order chi connectivity index (χ1) is 8.10. The molecule has 0 aromatic heterocycles. The minimum atomic E-state index is -0.756. The molecule has 0 aliphatic heterocycles. The number of rotatable bonds is 6. The maximum atomic E-state index is 9.73. The Kier molecular flexibility index (Phi) is 5.77. The van der Waals surface area contributed by atoms with Gasteiger partial charge < -0.3 is 20.1 Å². The Morgan fingerprint density at radius 2 is 2.06 bits per heavy atom. The van der Waals surface area contributed by atoms with Gasteiger partial charge in [-0.25, -0.2) is 0 Å². The van der Waals surface area contributed by atoms with Crippen LogP contribution in [-0.4, -0.2) is 40.9 Å². The van der Waals surface area contributed by atoms with Crippen molar-refractivity contribution in [2.24, 2.45) is 0 Å². The summed E-state index contributed by atoms with van der Waals surface area (Å²) in [6.45, 7) is 1.41. The number of aliphatic hydroxyl groups excluding tert-OH is 3. The monoisotopic (exact) mass is 258 g/mol. The van der Waals surface area contributed by atoms with Gasteiger partial charge in [-0.2, -0.15) is 0 Å². The van der Waals surface area contributed by atoms with Gasteiger partial charge >= 0.3 is 0 Å². The summed E-state index contributed by atoms with van der Waals surface area (Å²) in [4.78, 5) is 0.854. The predicted molar refractivity (Wildman–Crippen MR) is 67.4 cm³/mol. The van der Waals surface area contributed by atoms with Crippen molar-refractivity contribution in [1.82, 2.24) is 0 Å². The van der Waals surface area contributed by atoms with Gasteiger partial charge in [-0.15, -0.1) is 11.8 Å². The Hall–Kier alpha value is -0.750. The van der Waals surface area contributed by atoms with Crippen LogP contribution in [0, 0.1) is 0 Å². The lowest BCUT2D eigenvalue weighted by molar-refractivity contribution is 0.113. The van der Waals surface area contributed by atoms with E-state index in [9.17, 15) is 10.2 Å². The second kappa shape index (κ2) is 6.86. The molecule has 0 spiro atoms. The third-order valence-corrected chi connectivity index (χ3v) is 3.52. The number of benzene rings is 1. The molecular weight excluding hydrogens is 240 g/mol. The van der Waals surface area contributed by atoms with E-state index in [1.54, 1.807) is 20.1 Å². The molecule has 0 bridgehead atoms. The van der Waals surface area contributed by atoms with Crippen LogP contribution in [-0.2, 0) is 0 Å². The zero-order chi connectivity index (χ0) is 12.8. The minimum Gasteiger partial charge on any atom is -0.496 e. The third-order valence-electron chi connectivity index (χ3n) is 2.31. The molecule has 0 aliphatic carbocycles. The summed E-state index contributed by atoms with van der Waals surface area (Å²) < 4.78 is 5.20. The Labute approximate surface area is 105 Å². The number of methoxy groups -OCH3 is 1. The van der Waals surface area contributed by atoms with Gasteiger partial charge in [-0.3, -0.25) is 0 Å². The lowest BCUT2D eigenvalue weighted by atomic mass is 10.1. The van der Waals surface area contributed by atoms with Gasteiger partial charge in [0.1, 0.15) is 5.75 Å². The van der Waals surface area contributed by atoms with Crippen LogP contribution >= 0.6 is 11.8 Å². The molecule has 0 heterocycles. The topological polar surface area (TPSA) is 69.9 Å². The summed E-state index contributed by atoms with van der Waals surface area (Å²) in [5, 5.41) is 27.8. The fraction of sp³-hybridized carbons (Fsp3) is 0.500. The highest BCUT2D eigenvalue weighted by Gasteiger charge is 2.15. The van der Waals surface area contributed by atoms with E-state index in [1.165, 1.54) is 11.8 Å². The van der Waals surface area contributed by atoms with Crippen LogP contribution < -0.4 is 4.74 Å². The van der Waals surface area contributed by atoms with Crippen LogP contribution in [0.4, 0.5) is 0 Å². The molecule has 1 rings (SSSR count). The molecule has 4 nitrogen and oxygen atoms in total. The molecule has 5 heteroatoms. The van der Waals surface area contributed by atoms with Crippen LogP contribution in [0.25, 0.3) is 0 Å². The summed E-state index contributed by atoms with van der Waals surface area (Å²) in [7, 11) is 1.55. The molecule has 1 aromatic carbocycles. The van der Waals surface area contributed by atoms with Crippen LogP contribution in [0.2, 0.25) is 0 Å². The Morgan fingerprint density at radius 1 is 1.35 bits per heavy atom. The second-order valence-corrected chi connectivity index (χ2v) is 4.76. The molecule has 3 N–H and O–H groups in total. The maximum absolute atomic E-state index is 9.73. The molecule has 96 valence electrons. The SMILES string of the molecule is COc1cccc(SCC(O)CO)c1[C@H](C)O. The van der Waals surface area contributed by atoms with E-state index in [2.05, 4.69) is 0 Å². The van der Waals surface area contributed by atoms with Crippen molar-refractivity contribution in [2.45, 2.75) is 24.0 Å². The van der Waals surface area contributed by atoms with E-state index < -0.39 is 12.2 Å². The lowest BCUT2D eigenvalue weighted by Crippen LogP contribution is -2.14. The minimum absolute atomic E-state index is 0.263. The van der Waals surface area contributed by atoms with E-state index in [1.807, 2.05) is 12.1 Å². The maximum Gasteiger partial charge on any atom is 0.125 e.